The summed E-state index contributed by atoms with van der Waals surface area (Å²) >= 11 is 0. The summed E-state index contributed by atoms with van der Waals surface area (Å²) in [5.74, 6) is 1.54. The zero-order valence-electron chi connectivity index (χ0n) is 14.9. The number of amides is 2. The SMILES string of the molecule is CCc1cccc(Oc2ccc(NC(=O)NCC(O)c3ccco3)cn2)c1. The number of urea groups is 1. The largest absolute Gasteiger partial charge is 0.467 e. The summed E-state index contributed by atoms with van der Waals surface area (Å²) in [6.45, 7) is 2.11. The quantitative estimate of drug-likeness (QED) is 0.589. The molecule has 0 spiro atoms. The molecule has 0 aliphatic carbocycles. The minimum absolute atomic E-state index is 0.0295. The molecule has 1 unspecified atom stereocenters. The van der Waals surface area contributed by atoms with E-state index in [0.717, 1.165) is 6.42 Å². The van der Waals surface area contributed by atoms with Gasteiger partial charge in [-0.1, -0.05) is 19.1 Å². The monoisotopic (exact) mass is 367 g/mol. The van der Waals surface area contributed by atoms with Gasteiger partial charge in [-0.15, -0.1) is 0 Å². The zero-order valence-corrected chi connectivity index (χ0v) is 14.9. The minimum Gasteiger partial charge on any atom is -0.467 e. The number of benzene rings is 1. The van der Waals surface area contributed by atoms with Crippen LogP contribution in [0.4, 0.5) is 10.5 Å². The molecule has 0 radical (unpaired) electrons. The summed E-state index contributed by atoms with van der Waals surface area (Å²) in [5.41, 5.74) is 1.69. The van der Waals surface area contributed by atoms with Crippen molar-refractivity contribution < 1.29 is 19.1 Å². The second kappa shape index (κ2) is 8.86. The first-order chi connectivity index (χ1) is 13.1. The first kappa shape index (κ1) is 18.5. The van der Waals surface area contributed by atoms with Gasteiger partial charge in [0.15, 0.2) is 0 Å². The van der Waals surface area contributed by atoms with Crippen LogP contribution in [0.1, 0.15) is 24.4 Å². The summed E-state index contributed by atoms with van der Waals surface area (Å²) in [5, 5.41) is 15.1. The Morgan fingerprint density at radius 1 is 1.26 bits per heavy atom. The number of hydrogen-bond donors (Lipinski definition) is 3. The number of ether oxygens (including phenoxy) is 1. The normalized spacial score (nSPS) is 11.6. The number of aliphatic hydroxyl groups excluding tert-OH is 1. The third kappa shape index (κ3) is 5.32. The minimum atomic E-state index is -0.904. The van der Waals surface area contributed by atoms with Gasteiger partial charge in [0.1, 0.15) is 17.6 Å². The van der Waals surface area contributed by atoms with Gasteiger partial charge >= 0.3 is 6.03 Å². The number of anilines is 1. The second-order valence-corrected chi connectivity index (χ2v) is 5.85. The average Bonchev–Trinajstić information content (AvgIpc) is 3.23. The lowest BCUT2D eigenvalue weighted by molar-refractivity contribution is 0.149. The molecule has 0 saturated heterocycles. The maximum atomic E-state index is 11.9. The Kier molecular flexibility index (Phi) is 6.06. The van der Waals surface area contributed by atoms with E-state index in [-0.39, 0.29) is 6.54 Å². The molecule has 3 rings (SSSR count). The van der Waals surface area contributed by atoms with E-state index >= 15 is 0 Å². The van der Waals surface area contributed by atoms with Gasteiger partial charge in [0.25, 0.3) is 0 Å². The van der Waals surface area contributed by atoms with Crippen molar-refractivity contribution in [1.82, 2.24) is 10.3 Å². The van der Waals surface area contributed by atoms with Crippen LogP contribution in [-0.2, 0) is 6.42 Å². The highest BCUT2D eigenvalue weighted by atomic mass is 16.5. The number of aromatic nitrogens is 1. The Morgan fingerprint density at radius 3 is 2.85 bits per heavy atom. The fourth-order valence-electron chi connectivity index (χ4n) is 2.41. The van der Waals surface area contributed by atoms with Gasteiger partial charge < -0.3 is 24.9 Å². The van der Waals surface area contributed by atoms with Gasteiger partial charge in [-0.3, -0.25) is 0 Å². The van der Waals surface area contributed by atoms with Crippen molar-refractivity contribution >= 4 is 11.7 Å². The molecular formula is C20H21N3O4. The smallest absolute Gasteiger partial charge is 0.319 e. The molecule has 1 atom stereocenters. The van der Waals surface area contributed by atoms with Crippen LogP contribution >= 0.6 is 0 Å². The highest BCUT2D eigenvalue weighted by Crippen LogP contribution is 2.21. The number of hydrogen-bond acceptors (Lipinski definition) is 5. The molecular weight excluding hydrogens is 346 g/mol. The molecule has 2 heterocycles. The summed E-state index contributed by atoms with van der Waals surface area (Å²) in [4.78, 5) is 16.1. The number of rotatable bonds is 7. The molecule has 0 fully saturated rings. The summed E-state index contributed by atoms with van der Waals surface area (Å²) in [7, 11) is 0. The lowest BCUT2D eigenvalue weighted by Crippen LogP contribution is -2.32. The third-order valence-electron chi connectivity index (χ3n) is 3.85. The predicted octanol–water partition coefficient (Wildman–Crippen LogP) is 3.88. The van der Waals surface area contributed by atoms with Crippen molar-refractivity contribution in [3.05, 3.63) is 72.3 Å². The average molecular weight is 367 g/mol. The van der Waals surface area contributed by atoms with Crippen molar-refractivity contribution in [1.29, 1.82) is 0 Å². The molecule has 27 heavy (non-hydrogen) atoms. The van der Waals surface area contributed by atoms with Crippen molar-refractivity contribution in [2.24, 2.45) is 0 Å². The Bertz CT molecular complexity index is 863. The van der Waals surface area contributed by atoms with Crippen LogP contribution in [-0.4, -0.2) is 22.7 Å². The van der Waals surface area contributed by atoms with Crippen LogP contribution in [0.3, 0.4) is 0 Å². The van der Waals surface area contributed by atoms with E-state index in [2.05, 4.69) is 22.5 Å². The molecule has 0 aliphatic rings. The second-order valence-electron chi connectivity index (χ2n) is 5.85. The van der Waals surface area contributed by atoms with E-state index in [9.17, 15) is 9.90 Å². The molecule has 0 saturated carbocycles. The molecule has 3 aromatic rings. The Morgan fingerprint density at radius 2 is 2.15 bits per heavy atom. The van der Waals surface area contributed by atoms with Gasteiger partial charge in [-0.25, -0.2) is 9.78 Å². The molecule has 0 bridgehead atoms. The fourth-order valence-corrected chi connectivity index (χ4v) is 2.41. The number of carbonyl (C=O) groups is 1. The van der Waals surface area contributed by atoms with Crippen molar-refractivity contribution in [3.8, 4) is 11.6 Å². The Balaban J connectivity index is 1.50. The van der Waals surface area contributed by atoms with Crippen molar-refractivity contribution in [2.75, 3.05) is 11.9 Å². The van der Waals surface area contributed by atoms with Crippen LogP contribution in [0.25, 0.3) is 0 Å². The van der Waals surface area contributed by atoms with E-state index in [1.165, 1.54) is 18.0 Å². The molecule has 3 N–H and O–H groups in total. The van der Waals surface area contributed by atoms with Crippen LogP contribution in [0, 0.1) is 0 Å². The van der Waals surface area contributed by atoms with Crippen molar-refractivity contribution in [3.63, 3.8) is 0 Å². The summed E-state index contributed by atoms with van der Waals surface area (Å²) < 4.78 is 10.8. The third-order valence-corrected chi connectivity index (χ3v) is 3.85. The molecule has 2 aromatic heterocycles. The van der Waals surface area contributed by atoms with E-state index in [0.29, 0.717) is 23.1 Å². The Labute approximate surface area is 157 Å². The van der Waals surface area contributed by atoms with Gasteiger partial charge in [0.05, 0.1) is 24.7 Å². The number of nitrogens with one attached hydrogen (secondary N) is 2. The van der Waals surface area contributed by atoms with E-state index in [1.54, 1.807) is 24.3 Å². The van der Waals surface area contributed by atoms with Crippen LogP contribution in [0.15, 0.2) is 65.4 Å². The van der Waals surface area contributed by atoms with Gasteiger partial charge in [-0.05, 0) is 42.3 Å². The molecule has 7 nitrogen and oxygen atoms in total. The number of furan rings is 1. The number of aryl methyl sites for hydroxylation is 1. The maximum Gasteiger partial charge on any atom is 0.319 e. The molecule has 0 aliphatic heterocycles. The van der Waals surface area contributed by atoms with Gasteiger partial charge in [0.2, 0.25) is 5.88 Å². The first-order valence-corrected chi connectivity index (χ1v) is 8.63. The molecule has 1 aromatic carbocycles. The topological polar surface area (TPSA) is 96.6 Å². The molecule has 140 valence electrons. The van der Waals surface area contributed by atoms with Crippen LogP contribution in [0.5, 0.6) is 11.6 Å². The van der Waals surface area contributed by atoms with Gasteiger partial charge in [-0.2, -0.15) is 0 Å². The highest BCUT2D eigenvalue weighted by molar-refractivity contribution is 5.89. The predicted molar refractivity (Wildman–Crippen MR) is 101 cm³/mol. The molecule has 2 amide bonds. The zero-order chi connectivity index (χ0) is 19.1. The standard InChI is InChI=1S/C20H21N3O4/c1-2-14-5-3-6-16(11-14)27-19-9-8-15(12-21-19)23-20(25)22-13-17(24)18-7-4-10-26-18/h3-12,17,24H,2,13H2,1H3,(H2,22,23,25). The van der Waals surface area contributed by atoms with Gasteiger partial charge in [0, 0.05) is 6.07 Å². The van der Waals surface area contributed by atoms with E-state index < -0.39 is 12.1 Å². The molecule has 7 heteroatoms. The maximum absolute atomic E-state index is 11.9. The van der Waals surface area contributed by atoms with Crippen LogP contribution in [0.2, 0.25) is 0 Å². The fraction of sp³-hybridized carbons (Fsp3) is 0.200. The lowest BCUT2D eigenvalue weighted by Gasteiger charge is -2.11. The first-order valence-electron chi connectivity index (χ1n) is 8.63. The summed E-state index contributed by atoms with van der Waals surface area (Å²) in [6, 6.07) is 14.0. The number of nitrogens with zero attached hydrogens (tertiary/aromatic N) is 1. The number of aliphatic hydroxyl groups is 1. The highest BCUT2D eigenvalue weighted by Gasteiger charge is 2.12. The van der Waals surface area contributed by atoms with E-state index in [4.69, 9.17) is 9.15 Å². The Hall–Kier alpha value is -3.32. The van der Waals surface area contributed by atoms with Crippen LogP contribution < -0.4 is 15.4 Å². The number of carbonyl (C=O) groups excluding carboxylic acids is 1. The number of pyridine rings is 1. The summed E-state index contributed by atoms with van der Waals surface area (Å²) in [6.07, 6.45) is 2.99. The lowest BCUT2D eigenvalue weighted by atomic mass is 10.2. The van der Waals surface area contributed by atoms with E-state index in [1.807, 2.05) is 24.3 Å². The van der Waals surface area contributed by atoms with Crippen molar-refractivity contribution in [2.45, 2.75) is 19.4 Å².